The molecule has 1 saturated heterocycles. The van der Waals surface area contributed by atoms with Gasteiger partial charge < -0.3 is 14.6 Å². The third-order valence-electron chi connectivity index (χ3n) is 6.07. The summed E-state index contributed by atoms with van der Waals surface area (Å²) in [6, 6.07) is 11.0. The second-order valence-corrected chi connectivity index (χ2v) is 8.46. The van der Waals surface area contributed by atoms with Crippen molar-refractivity contribution in [1.29, 1.82) is 0 Å². The fraction of sp³-hybridized carbons (Fsp3) is 0.346. The van der Waals surface area contributed by atoms with Gasteiger partial charge in [0.15, 0.2) is 11.7 Å². The molecule has 0 radical (unpaired) electrons. The van der Waals surface area contributed by atoms with E-state index in [1.807, 2.05) is 36.1 Å². The van der Waals surface area contributed by atoms with Gasteiger partial charge in [-0.05, 0) is 30.2 Å². The fourth-order valence-corrected chi connectivity index (χ4v) is 4.11. The number of para-hydroxylation sites is 1. The zero-order chi connectivity index (χ0) is 24.8. The van der Waals surface area contributed by atoms with E-state index < -0.39 is 11.6 Å². The number of hydrogen-bond acceptors (Lipinski definition) is 5. The van der Waals surface area contributed by atoms with E-state index in [-0.39, 0.29) is 42.5 Å². The molecular formula is C26H28F2N4O3. The molecule has 1 N–H and O–H groups in total. The Morgan fingerprint density at radius 1 is 1.09 bits per heavy atom. The van der Waals surface area contributed by atoms with Crippen LogP contribution in [0.4, 0.5) is 14.5 Å². The largest absolute Gasteiger partial charge is 0.441 e. The lowest BCUT2D eigenvalue weighted by Crippen LogP contribution is -2.50. The summed E-state index contributed by atoms with van der Waals surface area (Å²) in [4.78, 5) is 33.0. The van der Waals surface area contributed by atoms with Gasteiger partial charge in [0, 0.05) is 50.8 Å². The van der Waals surface area contributed by atoms with Crippen LogP contribution in [-0.2, 0) is 22.4 Å². The van der Waals surface area contributed by atoms with Crippen LogP contribution in [0.5, 0.6) is 0 Å². The number of piperazine rings is 1. The lowest BCUT2D eigenvalue weighted by Gasteiger charge is -2.34. The smallest absolute Gasteiger partial charge is 0.238 e. The molecule has 0 aliphatic carbocycles. The van der Waals surface area contributed by atoms with Crippen molar-refractivity contribution in [3.8, 4) is 11.3 Å². The minimum atomic E-state index is -0.732. The fourth-order valence-electron chi connectivity index (χ4n) is 4.11. The van der Waals surface area contributed by atoms with Gasteiger partial charge in [-0.25, -0.2) is 13.8 Å². The van der Waals surface area contributed by atoms with E-state index in [2.05, 4.69) is 10.3 Å². The molecule has 7 nitrogen and oxygen atoms in total. The summed E-state index contributed by atoms with van der Waals surface area (Å²) in [6.07, 6.45) is 2.70. The molecule has 1 aliphatic heterocycles. The molecule has 0 saturated carbocycles. The zero-order valence-corrected chi connectivity index (χ0v) is 19.6. The molecule has 2 amide bonds. The van der Waals surface area contributed by atoms with Crippen molar-refractivity contribution in [2.45, 2.75) is 26.2 Å². The quantitative estimate of drug-likeness (QED) is 0.527. The number of nitrogens with zero attached hydrogens (tertiary/aromatic N) is 3. The molecule has 35 heavy (non-hydrogen) atoms. The van der Waals surface area contributed by atoms with E-state index in [9.17, 15) is 18.4 Å². The van der Waals surface area contributed by atoms with Crippen LogP contribution in [-0.4, -0.2) is 59.3 Å². The summed E-state index contributed by atoms with van der Waals surface area (Å²) in [6.45, 7) is 4.63. The van der Waals surface area contributed by atoms with Gasteiger partial charge in [-0.1, -0.05) is 25.1 Å². The SMILES string of the molecule is CCc1ccccc1NC(=O)CN1CCN(C(=O)CCc2ncc(-c3ccc(F)cc3F)o2)CC1. The minimum Gasteiger partial charge on any atom is -0.441 e. The topological polar surface area (TPSA) is 78.7 Å². The van der Waals surface area contributed by atoms with Gasteiger partial charge in [0.25, 0.3) is 0 Å². The van der Waals surface area contributed by atoms with Crippen LogP contribution in [0.2, 0.25) is 0 Å². The highest BCUT2D eigenvalue weighted by atomic mass is 19.1. The maximum atomic E-state index is 13.9. The summed E-state index contributed by atoms with van der Waals surface area (Å²) >= 11 is 0. The molecule has 0 spiro atoms. The van der Waals surface area contributed by atoms with E-state index in [1.165, 1.54) is 12.3 Å². The number of aromatic nitrogens is 1. The van der Waals surface area contributed by atoms with Crippen LogP contribution in [0.25, 0.3) is 11.3 Å². The second-order valence-electron chi connectivity index (χ2n) is 8.46. The molecule has 184 valence electrons. The molecule has 3 aromatic rings. The number of rotatable bonds is 8. The van der Waals surface area contributed by atoms with Gasteiger partial charge in [-0.3, -0.25) is 14.5 Å². The van der Waals surface area contributed by atoms with Gasteiger partial charge >= 0.3 is 0 Å². The van der Waals surface area contributed by atoms with Crippen LogP contribution in [0, 0.1) is 11.6 Å². The van der Waals surface area contributed by atoms with E-state index >= 15 is 0 Å². The van der Waals surface area contributed by atoms with E-state index in [4.69, 9.17) is 4.42 Å². The predicted octanol–water partition coefficient (Wildman–Crippen LogP) is 3.90. The molecule has 1 aromatic heterocycles. The molecule has 0 bridgehead atoms. The zero-order valence-electron chi connectivity index (χ0n) is 19.6. The number of anilines is 1. The summed E-state index contributed by atoms with van der Waals surface area (Å²) in [5, 5.41) is 2.98. The van der Waals surface area contributed by atoms with E-state index in [0.717, 1.165) is 29.8 Å². The first-order valence-corrected chi connectivity index (χ1v) is 11.7. The molecule has 1 aliphatic rings. The van der Waals surface area contributed by atoms with Gasteiger partial charge in [-0.15, -0.1) is 0 Å². The van der Waals surface area contributed by atoms with Gasteiger partial charge in [0.2, 0.25) is 11.8 Å². The highest BCUT2D eigenvalue weighted by Gasteiger charge is 2.23. The Morgan fingerprint density at radius 2 is 1.86 bits per heavy atom. The molecule has 2 aromatic carbocycles. The minimum absolute atomic E-state index is 0.0290. The number of oxazole rings is 1. The van der Waals surface area contributed by atoms with Crippen molar-refractivity contribution in [3.05, 3.63) is 71.8 Å². The Hall–Kier alpha value is -3.59. The molecule has 2 heterocycles. The molecule has 9 heteroatoms. The molecule has 0 atom stereocenters. The molecule has 4 rings (SSSR count). The Kier molecular flexibility index (Phi) is 7.87. The van der Waals surface area contributed by atoms with Gasteiger partial charge in [0.05, 0.1) is 18.3 Å². The van der Waals surface area contributed by atoms with E-state index in [0.29, 0.717) is 32.1 Å². The van der Waals surface area contributed by atoms with Crippen molar-refractivity contribution in [2.75, 3.05) is 38.0 Å². The van der Waals surface area contributed by atoms with Crippen molar-refractivity contribution < 1.29 is 22.8 Å². The molecule has 0 unspecified atom stereocenters. The maximum Gasteiger partial charge on any atom is 0.238 e. The van der Waals surface area contributed by atoms with Crippen LogP contribution in [0.3, 0.4) is 0 Å². The number of aryl methyl sites for hydroxylation is 2. The van der Waals surface area contributed by atoms with E-state index in [1.54, 1.807) is 4.90 Å². The third kappa shape index (κ3) is 6.30. The van der Waals surface area contributed by atoms with Crippen LogP contribution in [0.15, 0.2) is 53.1 Å². The highest BCUT2D eigenvalue weighted by molar-refractivity contribution is 5.93. The lowest BCUT2D eigenvalue weighted by molar-refractivity contribution is -0.133. The molecule has 1 fully saturated rings. The number of amides is 2. The molecular weight excluding hydrogens is 454 g/mol. The second kappa shape index (κ2) is 11.2. The number of benzene rings is 2. The van der Waals surface area contributed by atoms with Gasteiger partial charge in [0.1, 0.15) is 11.6 Å². The van der Waals surface area contributed by atoms with Crippen molar-refractivity contribution in [2.24, 2.45) is 0 Å². The van der Waals surface area contributed by atoms with Gasteiger partial charge in [-0.2, -0.15) is 0 Å². The summed E-state index contributed by atoms with van der Waals surface area (Å²) < 4.78 is 32.6. The lowest BCUT2D eigenvalue weighted by atomic mass is 10.1. The van der Waals surface area contributed by atoms with Crippen LogP contribution in [0.1, 0.15) is 24.8 Å². The van der Waals surface area contributed by atoms with Crippen LogP contribution < -0.4 is 5.32 Å². The van der Waals surface area contributed by atoms with Crippen molar-refractivity contribution >= 4 is 17.5 Å². The monoisotopic (exact) mass is 482 g/mol. The number of carbonyl (C=O) groups is 2. The average molecular weight is 483 g/mol. The normalized spacial score (nSPS) is 14.2. The van der Waals surface area contributed by atoms with Crippen molar-refractivity contribution in [1.82, 2.24) is 14.8 Å². The predicted molar refractivity (Wildman–Crippen MR) is 128 cm³/mol. The average Bonchev–Trinajstić information content (AvgIpc) is 3.32. The summed E-state index contributed by atoms with van der Waals surface area (Å²) in [7, 11) is 0. The maximum absolute atomic E-state index is 13.9. The first kappa shape index (κ1) is 24.5. The number of hydrogen-bond donors (Lipinski definition) is 1. The van der Waals surface area contributed by atoms with Crippen molar-refractivity contribution in [3.63, 3.8) is 0 Å². The van der Waals surface area contributed by atoms with Crippen LogP contribution >= 0.6 is 0 Å². The highest BCUT2D eigenvalue weighted by Crippen LogP contribution is 2.24. The summed E-state index contributed by atoms with van der Waals surface area (Å²) in [5.41, 5.74) is 2.05. The Bertz CT molecular complexity index is 1190. The number of nitrogens with one attached hydrogen (secondary N) is 1. The first-order chi connectivity index (χ1) is 16.9. The Labute approximate surface area is 202 Å². The standard InChI is InChI=1S/C26H28F2N4O3/c1-2-18-5-3-4-6-22(18)30-24(33)17-31-11-13-32(14-12-31)26(34)10-9-25-29-16-23(35-25)20-8-7-19(27)15-21(20)28/h3-8,15-16H,2,9-14,17H2,1H3,(H,30,33). The number of carbonyl (C=O) groups excluding carboxylic acids is 2. The first-order valence-electron chi connectivity index (χ1n) is 11.7. The summed E-state index contributed by atoms with van der Waals surface area (Å²) in [5.74, 6) is -0.983. The Morgan fingerprint density at radius 3 is 2.60 bits per heavy atom. The Balaban J connectivity index is 1.22. The third-order valence-corrected chi connectivity index (χ3v) is 6.07. The number of halogens is 2.